The van der Waals surface area contributed by atoms with Gasteiger partial charge in [0, 0.05) is 5.92 Å². The van der Waals surface area contributed by atoms with E-state index >= 15 is 0 Å². The average molecular weight is 352 g/mol. The zero-order valence-electron chi connectivity index (χ0n) is 13.4. The molecule has 1 aromatic carbocycles. The first-order valence-corrected chi connectivity index (χ1v) is 7.41. The van der Waals surface area contributed by atoms with Gasteiger partial charge in [0.2, 0.25) is 5.95 Å². The monoisotopic (exact) mass is 352 g/mol. The number of aromatic nitrogens is 7. The number of nitrogen functional groups attached to an aromatic ring is 1. The summed E-state index contributed by atoms with van der Waals surface area (Å²) in [6.07, 6.45) is -4.52. The van der Waals surface area contributed by atoms with Crippen LogP contribution in [0.15, 0.2) is 24.3 Å². The van der Waals surface area contributed by atoms with Gasteiger partial charge in [-0.05, 0) is 22.6 Å². The van der Waals surface area contributed by atoms with Crippen LogP contribution in [-0.4, -0.2) is 35.0 Å². The molecule has 3 rings (SSSR count). The van der Waals surface area contributed by atoms with Crippen LogP contribution in [0.25, 0.3) is 5.69 Å². The fourth-order valence-corrected chi connectivity index (χ4v) is 2.26. The number of tetrazole rings is 1. The van der Waals surface area contributed by atoms with Crippen molar-refractivity contribution < 1.29 is 13.2 Å². The third kappa shape index (κ3) is 3.30. The number of para-hydroxylation sites is 1. The van der Waals surface area contributed by atoms with Crippen LogP contribution in [0.4, 0.5) is 19.1 Å². The summed E-state index contributed by atoms with van der Waals surface area (Å²) >= 11 is 0. The number of halogens is 3. The standard InChI is InChI=1S/C14H15F3N8/c1-8(2)12-19-11(7-24-13(18)20-22-23-24)25(21-12)10-6-4-3-5-9(10)14(15,16)17/h3-6,8H,7H2,1-2H3,(H2,18,20,23). The largest absolute Gasteiger partial charge is 0.418 e. The molecule has 0 saturated carbocycles. The molecule has 25 heavy (non-hydrogen) atoms. The highest BCUT2D eigenvalue weighted by Gasteiger charge is 2.34. The summed E-state index contributed by atoms with van der Waals surface area (Å²) in [5.41, 5.74) is 4.71. The van der Waals surface area contributed by atoms with E-state index in [9.17, 15) is 13.2 Å². The topological polar surface area (TPSA) is 100 Å². The van der Waals surface area contributed by atoms with Gasteiger partial charge >= 0.3 is 6.18 Å². The van der Waals surface area contributed by atoms with E-state index in [2.05, 4.69) is 25.6 Å². The molecule has 3 aromatic rings. The highest BCUT2D eigenvalue weighted by atomic mass is 19.4. The van der Waals surface area contributed by atoms with Gasteiger partial charge in [-0.15, -0.1) is 0 Å². The Balaban J connectivity index is 2.14. The number of nitrogens with two attached hydrogens (primary N) is 1. The minimum Gasteiger partial charge on any atom is -0.367 e. The van der Waals surface area contributed by atoms with Crippen molar-refractivity contribution in [2.24, 2.45) is 0 Å². The molecular weight excluding hydrogens is 337 g/mol. The van der Waals surface area contributed by atoms with Gasteiger partial charge in [-0.25, -0.2) is 14.3 Å². The van der Waals surface area contributed by atoms with Crippen molar-refractivity contribution in [3.8, 4) is 5.69 Å². The second-order valence-corrected chi connectivity index (χ2v) is 5.66. The second-order valence-electron chi connectivity index (χ2n) is 5.66. The number of hydrogen-bond donors (Lipinski definition) is 1. The van der Waals surface area contributed by atoms with Gasteiger partial charge in [-0.1, -0.05) is 31.1 Å². The van der Waals surface area contributed by atoms with Gasteiger partial charge in [-0.3, -0.25) is 0 Å². The lowest BCUT2D eigenvalue weighted by atomic mass is 10.1. The van der Waals surface area contributed by atoms with E-state index in [0.29, 0.717) is 5.82 Å². The van der Waals surface area contributed by atoms with Crippen molar-refractivity contribution in [1.82, 2.24) is 35.0 Å². The smallest absolute Gasteiger partial charge is 0.367 e. The van der Waals surface area contributed by atoms with E-state index in [1.807, 2.05) is 13.8 Å². The third-order valence-corrected chi connectivity index (χ3v) is 3.50. The van der Waals surface area contributed by atoms with Crippen LogP contribution in [0.5, 0.6) is 0 Å². The molecule has 0 atom stereocenters. The number of hydrogen-bond acceptors (Lipinski definition) is 6. The second kappa shape index (κ2) is 6.15. The Kier molecular flexibility index (Phi) is 4.15. The van der Waals surface area contributed by atoms with Crippen LogP contribution in [0, 0.1) is 0 Å². The highest BCUT2D eigenvalue weighted by molar-refractivity contribution is 5.43. The van der Waals surface area contributed by atoms with Gasteiger partial charge in [0.15, 0.2) is 11.6 Å². The summed E-state index contributed by atoms with van der Waals surface area (Å²) in [7, 11) is 0. The van der Waals surface area contributed by atoms with Crippen LogP contribution in [0.2, 0.25) is 0 Å². The molecule has 0 radical (unpaired) electrons. The summed E-state index contributed by atoms with van der Waals surface area (Å²) in [4.78, 5) is 4.34. The fourth-order valence-electron chi connectivity index (χ4n) is 2.26. The van der Waals surface area contributed by atoms with Gasteiger partial charge < -0.3 is 5.73 Å². The van der Waals surface area contributed by atoms with Crippen molar-refractivity contribution in [1.29, 1.82) is 0 Å². The third-order valence-electron chi connectivity index (χ3n) is 3.50. The Morgan fingerprint density at radius 3 is 2.52 bits per heavy atom. The molecule has 0 unspecified atom stereocenters. The zero-order chi connectivity index (χ0) is 18.2. The predicted molar refractivity (Wildman–Crippen MR) is 81.8 cm³/mol. The predicted octanol–water partition coefficient (Wildman–Crippen LogP) is 2.03. The van der Waals surface area contributed by atoms with E-state index < -0.39 is 11.7 Å². The Hall–Kier alpha value is -2.98. The van der Waals surface area contributed by atoms with E-state index in [1.165, 1.54) is 27.6 Å². The Morgan fingerprint density at radius 1 is 1.20 bits per heavy atom. The molecule has 0 saturated heterocycles. The van der Waals surface area contributed by atoms with Crippen LogP contribution in [0.1, 0.15) is 37.0 Å². The maximum atomic E-state index is 13.4. The van der Waals surface area contributed by atoms with Crippen LogP contribution >= 0.6 is 0 Å². The SMILES string of the molecule is CC(C)c1nc(Cn2nnnc2N)n(-c2ccccc2C(F)(F)F)n1. The van der Waals surface area contributed by atoms with Crippen molar-refractivity contribution >= 4 is 5.95 Å². The summed E-state index contributed by atoms with van der Waals surface area (Å²) in [6.45, 7) is 3.69. The fraction of sp³-hybridized carbons (Fsp3) is 0.357. The molecule has 0 spiro atoms. The first-order valence-electron chi connectivity index (χ1n) is 7.41. The quantitative estimate of drug-likeness (QED) is 0.771. The van der Waals surface area contributed by atoms with Gasteiger partial charge in [-0.2, -0.15) is 18.3 Å². The molecule has 2 heterocycles. The van der Waals surface area contributed by atoms with Crippen LogP contribution < -0.4 is 5.73 Å². The summed E-state index contributed by atoms with van der Waals surface area (Å²) in [6, 6.07) is 5.18. The molecule has 11 heteroatoms. The first kappa shape index (κ1) is 16.9. The number of benzene rings is 1. The molecule has 0 aliphatic rings. The molecule has 0 aliphatic heterocycles. The zero-order valence-corrected chi connectivity index (χ0v) is 13.4. The van der Waals surface area contributed by atoms with Crippen molar-refractivity contribution in [3.63, 3.8) is 0 Å². The van der Waals surface area contributed by atoms with Crippen molar-refractivity contribution in [3.05, 3.63) is 41.5 Å². The number of anilines is 1. The lowest BCUT2D eigenvalue weighted by Crippen LogP contribution is -2.16. The Labute approximate surface area is 140 Å². The van der Waals surface area contributed by atoms with E-state index in [1.54, 1.807) is 0 Å². The van der Waals surface area contributed by atoms with E-state index in [0.717, 1.165) is 6.07 Å². The maximum Gasteiger partial charge on any atom is 0.418 e. The van der Waals surface area contributed by atoms with Crippen molar-refractivity contribution in [2.45, 2.75) is 32.5 Å². The Morgan fingerprint density at radius 2 is 1.92 bits per heavy atom. The molecule has 0 amide bonds. The van der Waals surface area contributed by atoms with Crippen LogP contribution in [0.3, 0.4) is 0 Å². The molecule has 2 N–H and O–H groups in total. The Bertz CT molecular complexity index is 880. The molecule has 0 bridgehead atoms. The molecule has 0 aliphatic carbocycles. The van der Waals surface area contributed by atoms with Gasteiger partial charge in [0.25, 0.3) is 0 Å². The van der Waals surface area contributed by atoms with Gasteiger partial charge in [0.1, 0.15) is 6.54 Å². The first-order chi connectivity index (χ1) is 11.8. The summed E-state index contributed by atoms with van der Waals surface area (Å²) < 4.78 is 42.5. The number of alkyl halides is 3. The summed E-state index contributed by atoms with van der Waals surface area (Å²) in [5.74, 6) is 0.632. The highest BCUT2D eigenvalue weighted by Crippen LogP contribution is 2.34. The summed E-state index contributed by atoms with van der Waals surface area (Å²) in [5, 5.41) is 14.9. The number of nitrogens with zero attached hydrogens (tertiary/aromatic N) is 7. The lowest BCUT2D eigenvalue weighted by molar-refractivity contribution is -0.137. The molecule has 8 nitrogen and oxygen atoms in total. The van der Waals surface area contributed by atoms with E-state index in [-0.39, 0.29) is 29.9 Å². The van der Waals surface area contributed by atoms with Crippen molar-refractivity contribution in [2.75, 3.05) is 5.73 Å². The maximum absolute atomic E-state index is 13.4. The van der Waals surface area contributed by atoms with Crippen LogP contribution in [-0.2, 0) is 12.7 Å². The van der Waals surface area contributed by atoms with E-state index in [4.69, 9.17) is 5.73 Å². The van der Waals surface area contributed by atoms with Gasteiger partial charge in [0.05, 0.1) is 11.3 Å². The minimum atomic E-state index is -4.52. The average Bonchev–Trinajstić information content (AvgIpc) is 3.14. The minimum absolute atomic E-state index is 0.00918. The molecule has 0 fully saturated rings. The lowest BCUT2D eigenvalue weighted by Gasteiger charge is -2.13. The molecule has 132 valence electrons. The molecule has 2 aromatic heterocycles. The molecular formula is C14H15F3N8. The normalized spacial score (nSPS) is 12.1. The number of rotatable bonds is 4.